The Labute approximate surface area is 186 Å². The van der Waals surface area contributed by atoms with Gasteiger partial charge in [-0.3, -0.25) is 9.69 Å². The van der Waals surface area contributed by atoms with Crippen LogP contribution in [-0.2, 0) is 0 Å². The van der Waals surface area contributed by atoms with Gasteiger partial charge in [-0.15, -0.1) is 23.7 Å². The number of aromatic nitrogens is 1. The van der Waals surface area contributed by atoms with Gasteiger partial charge in [0.25, 0.3) is 5.91 Å². The summed E-state index contributed by atoms with van der Waals surface area (Å²) in [5.41, 5.74) is 0.863. The van der Waals surface area contributed by atoms with Crippen LogP contribution >= 0.6 is 62.6 Å². The fraction of sp³-hybridized carbons (Fsp3) is 0.333. The zero-order chi connectivity index (χ0) is 18.7. The molecule has 0 aliphatic heterocycles. The van der Waals surface area contributed by atoms with Crippen LogP contribution in [0.25, 0.3) is 10.2 Å². The number of hydrogen-bond acceptors (Lipinski definition) is 5. The summed E-state index contributed by atoms with van der Waals surface area (Å²) in [7, 11) is 0. The summed E-state index contributed by atoms with van der Waals surface area (Å²) in [5, 5.41) is 1.39. The Kier molecular flexibility index (Phi) is 8.52. The summed E-state index contributed by atoms with van der Waals surface area (Å²) < 4.78 is 1.93. The van der Waals surface area contributed by atoms with Crippen molar-refractivity contribution in [3.8, 4) is 0 Å². The number of thiophene rings is 1. The van der Waals surface area contributed by atoms with Gasteiger partial charge in [0, 0.05) is 18.1 Å². The van der Waals surface area contributed by atoms with Crippen molar-refractivity contribution < 1.29 is 4.79 Å². The first kappa shape index (κ1) is 22.6. The molecule has 4 nitrogen and oxygen atoms in total. The number of rotatable bonds is 7. The third-order valence-corrected chi connectivity index (χ3v) is 7.02. The average molecular weight is 509 g/mol. The van der Waals surface area contributed by atoms with E-state index in [0.29, 0.717) is 21.6 Å². The molecule has 2 heterocycles. The number of anilines is 1. The summed E-state index contributed by atoms with van der Waals surface area (Å²) in [5.74, 6) is -0.0157. The first-order chi connectivity index (χ1) is 12.5. The topological polar surface area (TPSA) is 36.4 Å². The highest BCUT2D eigenvalue weighted by Gasteiger charge is 2.23. The molecule has 0 saturated heterocycles. The molecule has 2 aromatic heterocycles. The van der Waals surface area contributed by atoms with E-state index in [1.165, 1.54) is 22.7 Å². The number of benzene rings is 1. The van der Waals surface area contributed by atoms with Gasteiger partial charge in [-0.25, -0.2) is 4.98 Å². The maximum Gasteiger partial charge on any atom is 0.270 e. The number of carbonyl (C=O) groups is 1. The van der Waals surface area contributed by atoms with E-state index in [0.717, 1.165) is 33.6 Å². The Balaban J connectivity index is 0.00000261. The lowest BCUT2D eigenvalue weighted by molar-refractivity contribution is 0.0987. The van der Waals surface area contributed by atoms with Crippen molar-refractivity contribution >= 4 is 83.9 Å². The Morgan fingerprint density at radius 3 is 2.52 bits per heavy atom. The normalized spacial score (nSPS) is 11.0. The quantitative estimate of drug-likeness (QED) is 0.382. The van der Waals surface area contributed by atoms with E-state index in [2.05, 4.69) is 39.7 Å². The molecular weight excluding hydrogens is 489 g/mol. The summed E-state index contributed by atoms with van der Waals surface area (Å²) in [6.45, 7) is 7.58. The van der Waals surface area contributed by atoms with Crippen molar-refractivity contribution in [3.63, 3.8) is 0 Å². The maximum absolute atomic E-state index is 13.1. The zero-order valence-corrected chi connectivity index (χ0v) is 19.7. The number of likely N-dealkylation sites (N-methyl/N-ethyl adjacent to an activating group) is 1. The van der Waals surface area contributed by atoms with Crippen molar-refractivity contribution in [3.05, 3.63) is 44.0 Å². The number of halogens is 3. The van der Waals surface area contributed by atoms with E-state index in [1.807, 2.05) is 30.3 Å². The minimum atomic E-state index is -0.0157. The fourth-order valence-corrected chi connectivity index (χ4v) is 5.23. The van der Waals surface area contributed by atoms with Crippen molar-refractivity contribution in [1.82, 2.24) is 9.88 Å². The van der Waals surface area contributed by atoms with Gasteiger partial charge in [0.1, 0.15) is 0 Å². The Hall–Kier alpha value is -0.700. The Morgan fingerprint density at radius 1 is 1.15 bits per heavy atom. The standard InChI is InChI=1S/C18H19BrClN3OS2.ClH/c1-3-22(4-2)9-10-23(17(24)14-7-8-16(19)25-14)18-21-13-6-5-12(20)11-15(13)26-18;/h5-8,11H,3-4,9-10H2,1-2H3;1H. The van der Waals surface area contributed by atoms with E-state index >= 15 is 0 Å². The highest BCUT2D eigenvalue weighted by atomic mass is 79.9. The minimum Gasteiger partial charge on any atom is -0.302 e. The van der Waals surface area contributed by atoms with Crippen LogP contribution in [0.15, 0.2) is 34.1 Å². The first-order valence-electron chi connectivity index (χ1n) is 8.37. The molecule has 0 N–H and O–H groups in total. The summed E-state index contributed by atoms with van der Waals surface area (Å²) in [6.07, 6.45) is 0. The van der Waals surface area contributed by atoms with Gasteiger partial charge < -0.3 is 4.90 Å². The van der Waals surface area contributed by atoms with Crippen molar-refractivity contribution in [2.45, 2.75) is 13.8 Å². The zero-order valence-electron chi connectivity index (χ0n) is 14.9. The predicted octanol–water partition coefficient (Wildman–Crippen LogP) is 6.18. The van der Waals surface area contributed by atoms with Crippen LogP contribution in [0, 0.1) is 0 Å². The Bertz CT molecular complexity index is 911. The average Bonchev–Trinajstić information content (AvgIpc) is 3.24. The number of carbonyl (C=O) groups excluding carboxylic acids is 1. The van der Waals surface area contributed by atoms with Crippen LogP contribution in [-0.4, -0.2) is 42.0 Å². The van der Waals surface area contributed by atoms with Crippen molar-refractivity contribution in [2.24, 2.45) is 0 Å². The molecular formula is C18H20BrCl2N3OS2. The van der Waals surface area contributed by atoms with E-state index in [9.17, 15) is 4.79 Å². The predicted molar refractivity (Wildman–Crippen MR) is 123 cm³/mol. The van der Waals surface area contributed by atoms with Crippen LogP contribution in [0.5, 0.6) is 0 Å². The molecule has 3 aromatic rings. The first-order valence-corrected chi connectivity index (χ1v) is 11.2. The van der Waals surface area contributed by atoms with Gasteiger partial charge in [0.2, 0.25) is 0 Å². The van der Waals surface area contributed by atoms with E-state index in [4.69, 9.17) is 11.6 Å². The third-order valence-electron chi connectivity index (χ3n) is 4.13. The largest absolute Gasteiger partial charge is 0.302 e. The fourth-order valence-electron chi connectivity index (χ4n) is 2.63. The van der Waals surface area contributed by atoms with Gasteiger partial charge in [0.05, 0.1) is 18.9 Å². The maximum atomic E-state index is 13.1. The highest BCUT2D eigenvalue weighted by Crippen LogP contribution is 2.32. The molecule has 27 heavy (non-hydrogen) atoms. The number of fused-ring (bicyclic) bond motifs is 1. The van der Waals surface area contributed by atoms with E-state index in [-0.39, 0.29) is 18.3 Å². The van der Waals surface area contributed by atoms with Crippen LogP contribution in [0.4, 0.5) is 5.13 Å². The van der Waals surface area contributed by atoms with Gasteiger partial charge in [0.15, 0.2) is 5.13 Å². The molecule has 9 heteroatoms. The SMILES string of the molecule is CCN(CC)CCN(C(=O)c1ccc(Br)s1)c1nc2ccc(Cl)cc2s1.Cl. The van der Waals surface area contributed by atoms with Gasteiger partial charge in [-0.2, -0.15) is 0 Å². The van der Waals surface area contributed by atoms with Crippen LogP contribution in [0.3, 0.4) is 0 Å². The van der Waals surface area contributed by atoms with E-state index < -0.39 is 0 Å². The van der Waals surface area contributed by atoms with Gasteiger partial charge >= 0.3 is 0 Å². The highest BCUT2D eigenvalue weighted by molar-refractivity contribution is 9.11. The number of nitrogens with zero attached hydrogens (tertiary/aromatic N) is 3. The molecule has 3 rings (SSSR count). The Morgan fingerprint density at radius 2 is 1.89 bits per heavy atom. The second-order valence-electron chi connectivity index (χ2n) is 5.70. The molecule has 1 amide bonds. The molecule has 0 radical (unpaired) electrons. The molecule has 0 aliphatic rings. The second-order valence-corrected chi connectivity index (χ2v) is 9.60. The van der Waals surface area contributed by atoms with Crippen molar-refractivity contribution in [2.75, 3.05) is 31.1 Å². The monoisotopic (exact) mass is 507 g/mol. The van der Waals surface area contributed by atoms with Crippen LogP contribution in [0.2, 0.25) is 5.02 Å². The number of thiazole rings is 1. The van der Waals surface area contributed by atoms with Gasteiger partial charge in [-0.05, 0) is 59.4 Å². The van der Waals surface area contributed by atoms with Gasteiger partial charge in [-0.1, -0.05) is 36.8 Å². The smallest absolute Gasteiger partial charge is 0.270 e. The second kappa shape index (κ2) is 10.2. The minimum absolute atomic E-state index is 0. The number of amides is 1. The molecule has 0 unspecified atom stereocenters. The molecule has 0 fully saturated rings. The lowest BCUT2D eigenvalue weighted by Crippen LogP contribution is -2.38. The molecule has 0 aliphatic carbocycles. The summed E-state index contributed by atoms with van der Waals surface area (Å²) in [4.78, 5) is 22.6. The molecule has 146 valence electrons. The molecule has 0 bridgehead atoms. The van der Waals surface area contributed by atoms with E-state index in [1.54, 1.807) is 4.90 Å². The van der Waals surface area contributed by atoms with Crippen LogP contribution in [0.1, 0.15) is 23.5 Å². The molecule has 0 saturated carbocycles. The molecule has 0 atom stereocenters. The summed E-state index contributed by atoms with van der Waals surface area (Å²) >= 11 is 12.5. The van der Waals surface area contributed by atoms with Crippen LogP contribution < -0.4 is 4.90 Å². The lowest BCUT2D eigenvalue weighted by atomic mass is 10.3. The summed E-state index contributed by atoms with van der Waals surface area (Å²) in [6, 6.07) is 9.37. The number of hydrogen-bond donors (Lipinski definition) is 0. The molecule has 0 spiro atoms. The molecule has 1 aromatic carbocycles. The lowest BCUT2D eigenvalue weighted by Gasteiger charge is -2.24. The van der Waals surface area contributed by atoms with Crippen molar-refractivity contribution in [1.29, 1.82) is 0 Å². The third kappa shape index (κ3) is 5.43.